The van der Waals surface area contributed by atoms with Gasteiger partial charge in [-0.15, -0.1) is 0 Å². The SMILES string of the molecule is Cc1ccc(Oc2ccc(Cl)cc2C(=O)O)cn1. The third-order valence-electron chi connectivity index (χ3n) is 2.28. The molecule has 0 saturated carbocycles. The number of rotatable bonds is 3. The molecule has 0 spiro atoms. The van der Waals surface area contributed by atoms with E-state index < -0.39 is 5.97 Å². The van der Waals surface area contributed by atoms with Crippen LogP contribution in [-0.2, 0) is 0 Å². The first kappa shape index (κ1) is 12.4. The summed E-state index contributed by atoms with van der Waals surface area (Å²) >= 11 is 5.75. The van der Waals surface area contributed by atoms with Gasteiger partial charge in [0.05, 0.1) is 6.20 Å². The van der Waals surface area contributed by atoms with Crippen LogP contribution in [0.2, 0.25) is 5.02 Å². The third-order valence-corrected chi connectivity index (χ3v) is 2.52. The van der Waals surface area contributed by atoms with Crippen LogP contribution in [0.4, 0.5) is 0 Å². The Bertz CT molecular complexity index is 581. The van der Waals surface area contributed by atoms with E-state index in [1.54, 1.807) is 18.2 Å². The number of aromatic carboxylic acids is 1. The molecule has 5 heteroatoms. The summed E-state index contributed by atoms with van der Waals surface area (Å²) in [7, 11) is 0. The zero-order chi connectivity index (χ0) is 13.1. The van der Waals surface area contributed by atoms with Crippen molar-refractivity contribution in [3.05, 3.63) is 52.8 Å². The van der Waals surface area contributed by atoms with Crippen molar-refractivity contribution < 1.29 is 14.6 Å². The molecule has 1 heterocycles. The second-order valence-electron chi connectivity index (χ2n) is 3.68. The van der Waals surface area contributed by atoms with Gasteiger partial charge >= 0.3 is 5.97 Å². The number of hydrogen-bond donors (Lipinski definition) is 1. The number of ether oxygens (including phenoxy) is 1. The molecule has 1 aromatic carbocycles. The Balaban J connectivity index is 2.34. The molecule has 0 aliphatic rings. The molecule has 0 aliphatic carbocycles. The second-order valence-corrected chi connectivity index (χ2v) is 4.12. The highest BCUT2D eigenvalue weighted by atomic mass is 35.5. The van der Waals surface area contributed by atoms with E-state index in [-0.39, 0.29) is 11.3 Å². The summed E-state index contributed by atoms with van der Waals surface area (Å²) in [5, 5.41) is 9.41. The minimum atomic E-state index is -1.09. The standard InChI is InChI=1S/C13H10ClNO3/c1-8-2-4-10(7-15-8)18-12-5-3-9(14)6-11(12)13(16)17/h2-7H,1H3,(H,16,17). The lowest BCUT2D eigenvalue weighted by molar-refractivity contribution is 0.0694. The fourth-order valence-corrected chi connectivity index (χ4v) is 1.57. The molecule has 0 bridgehead atoms. The van der Waals surface area contributed by atoms with Crippen molar-refractivity contribution in [3.8, 4) is 11.5 Å². The first-order chi connectivity index (χ1) is 8.56. The predicted molar refractivity (Wildman–Crippen MR) is 67.5 cm³/mol. The topological polar surface area (TPSA) is 59.4 Å². The van der Waals surface area contributed by atoms with Crippen LogP contribution in [0.5, 0.6) is 11.5 Å². The lowest BCUT2D eigenvalue weighted by Gasteiger charge is -2.08. The third kappa shape index (κ3) is 2.78. The number of carboxylic acids is 1. The molecule has 0 saturated heterocycles. The average Bonchev–Trinajstić information content (AvgIpc) is 2.34. The number of hydrogen-bond acceptors (Lipinski definition) is 3. The molecular weight excluding hydrogens is 254 g/mol. The van der Waals surface area contributed by atoms with E-state index in [2.05, 4.69) is 4.98 Å². The summed E-state index contributed by atoms with van der Waals surface area (Å²) in [4.78, 5) is 15.1. The van der Waals surface area contributed by atoms with Crippen LogP contribution in [0.1, 0.15) is 16.1 Å². The highest BCUT2D eigenvalue weighted by molar-refractivity contribution is 6.31. The number of aryl methyl sites for hydroxylation is 1. The smallest absolute Gasteiger partial charge is 0.339 e. The van der Waals surface area contributed by atoms with Crippen molar-refractivity contribution in [2.45, 2.75) is 6.92 Å². The van der Waals surface area contributed by atoms with E-state index in [1.165, 1.54) is 18.3 Å². The maximum absolute atomic E-state index is 11.1. The van der Waals surface area contributed by atoms with E-state index in [4.69, 9.17) is 21.4 Å². The van der Waals surface area contributed by atoms with Gasteiger partial charge in [0.15, 0.2) is 0 Å². The first-order valence-corrected chi connectivity index (χ1v) is 5.57. The molecule has 0 aliphatic heterocycles. The van der Waals surface area contributed by atoms with Crippen molar-refractivity contribution >= 4 is 17.6 Å². The van der Waals surface area contributed by atoms with Crippen molar-refractivity contribution in [1.82, 2.24) is 4.98 Å². The fraction of sp³-hybridized carbons (Fsp3) is 0.0769. The van der Waals surface area contributed by atoms with E-state index in [0.29, 0.717) is 10.8 Å². The molecule has 2 aromatic rings. The second kappa shape index (κ2) is 5.06. The van der Waals surface area contributed by atoms with Crippen molar-refractivity contribution in [2.24, 2.45) is 0 Å². The van der Waals surface area contributed by atoms with Crippen molar-refractivity contribution in [1.29, 1.82) is 0 Å². The summed E-state index contributed by atoms with van der Waals surface area (Å²) in [6, 6.07) is 7.95. The molecule has 2 rings (SSSR count). The van der Waals surface area contributed by atoms with E-state index in [1.807, 2.05) is 6.92 Å². The maximum atomic E-state index is 11.1. The summed E-state index contributed by atoms with van der Waals surface area (Å²) < 4.78 is 5.48. The molecule has 1 aromatic heterocycles. The lowest BCUT2D eigenvalue weighted by Crippen LogP contribution is -2.00. The van der Waals surface area contributed by atoms with Crippen LogP contribution in [-0.4, -0.2) is 16.1 Å². The summed E-state index contributed by atoms with van der Waals surface area (Å²) in [5.74, 6) is -0.379. The number of carboxylic acid groups (broad SMARTS) is 1. The number of benzene rings is 1. The van der Waals surface area contributed by atoms with Crippen LogP contribution in [0.15, 0.2) is 36.5 Å². The molecule has 18 heavy (non-hydrogen) atoms. The number of halogens is 1. The minimum Gasteiger partial charge on any atom is -0.478 e. The molecule has 0 unspecified atom stereocenters. The number of nitrogens with zero attached hydrogens (tertiary/aromatic N) is 1. The van der Waals surface area contributed by atoms with Gasteiger partial charge < -0.3 is 9.84 Å². The van der Waals surface area contributed by atoms with Gasteiger partial charge in [0.2, 0.25) is 0 Å². The van der Waals surface area contributed by atoms with Crippen LogP contribution in [0.25, 0.3) is 0 Å². The molecule has 0 atom stereocenters. The van der Waals surface area contributed by atoms with Gasteiger partial charge in [-0.3, -0.25) is 4.98 Å². The fourth-order valence-electron chi connectivity index (χ4n) is 1.40. The largest absolute Gasteiger partial charge is 0.478 e. The van der Waals surface area contributed by atoms with Gasteiger partial charge in [0.25, 0.3) is 0 Å². The Morgan fingerprint density at radius 2 is 2.11 bits per heavy atom. The Labute approximate surface area is 109 Å². The van der Waals surface area contributed by atoms with E-state index in [9.17, 15) is 4.79 Å². The van der Waals surface area contributed by atoms with Crippen molar-refractivity contribution in [2.75, 3.05) is 0 Å². The van der Waals surface area contributed by atoms with Gasteiger partial charge in [-0.1, -0.05) is 11.6 Å². The van der Waals surface area contributed by atoms with Crippen LogP contribution < -0.4 is 4.74 Å². The summed E-state index contributed by atoms with van der Waals surface area (Å²) in [5.41, 5.74) is 0.875. The summed E-state index contributed by atoms with van der Waals surface area (Å²) in [6.45, 7) is 1.86. The lowest BCUT2D eigenvalue weighted by atomic mass is 10.2. The Kier molecular flexibility index (Phi) is 3.48. The van der Waals surface area contributed by atoms with E-state index in [0.717, 1.165) is 5.69 Å². The van der Waals surface area contributed by atoms with Crippen molar-refractivity contribution in [3.63, 3.8) is 0 Å². The molecule has 1 N–H and O–H groups in total. The number of aromatic nitrogens is 1. The highest BCUT2D eigenvalue weighted by Crippen LogP contribution is 2.27. The van der Waals surface area contributed by atoms with Gasteiger partial charge in [0.1, 0.15) is 17.1 Å². The molecule has 0 radical (unpaired) electrons. The Morgan fingerprint density at radius 3 is 2.72 bits per heavy atom. The monoisotopic (exact) mass is 263 g/mol. The van der Waals surface area contributed by atoms with Gasteiger partial charge in [-0.25, -0.2) is 4.79 Å². The normalized spacial score (nSPS) is 10.1. The quantitative estimate of drug-likeness (QED) is 0.920. The van der Waals surface area contributed by atoms with E-state index >= 15 is 0 Å². The predicted octanol–water partition coefficient (Wildman–Crippen LogP) is 3.53. The summed E-state index contributed by atoms with van der Waals surface area (Å²) in [6.07, 6.45) is 1.54. The van der Waals surface area contributed by atoms with Gasteiger partial charge in [-0.2, -0.15) is 0 Å². The Morgan fingerprint density at radius 1 is 1.33 bits per heavy atom. The molecule has 0 fully saturated rings. The van der Waals surface area contributed by atoms with Gasteiger partial charge in [-0.05, 0) is 37.3 Å². The zero-order valence-corrected chi connectivity index (χ0v) is 10.3. The minimum absolute atomic E-state index is 0.0167. The zero-order valence-electron chi connectivity index (χ0n) is 9.55. The molecule has 4 nitrogen and oxygen atoms in total. The number of pyridine rings is 1. The molecule has 0 amide bonds. The van der Waals surface area contributed by atoms with Crippen LogP contribution >= 0.6 is 11.6 Å². The molecule has 92 valence electrons. The highest BCUT2D eigenvalue weighted by Gasteiger charge is 2.12. The average molecular weight is 264 g/mol. The van der Waals surface area contributed by atoms with Crippen LogP contribution in [0.3, 0.4) is 0 Å². The van der Waals surface area contributed by atoms with Gasteiger partial charge in [0, 0.05) is 10.7 Å². The Hall–Kier alpha value is -2.07. The first-order valence-electron chi connectivity index (χ1n) is 5.19. The number of carbonyl (C=O) groups is 1. The van der Waals surface area contributed by atoms with Crippen LogP contribution in [0, 0.1) is 6.92 Å². The molecular formula is C13H10ClNO3. The maximum Gasteiger partial charge on any atom is 0.339 e.